The van der Waals surface area contributed by atoms with Gasteiger partial charge < -0.3 is 4.43 Å². The van der Waals surface area contributed by atoms with Gasteiger partial charge in [-0.05, 0) is 22.3 Å². The van der Waals surface area contributed by atoms with E-state index >= 15 is 0 Å². The molecule has 0 spiro atoms. The van der Waals surface area contributed by atoms with E-state index in [1.165, 1.54) is 21.2 Å². The van der Waals surface area contributed by atoms with Gasteiger partial charge in [0.05, 0.1) is 5.44 Å². The molecule has 0 aliphatic carbocycles. The van der Waals surface area contributed by atoms with Gasteiger partial charge in [0.25, 0.3) is 8.32 Å². The van der Waals surface area contributed by atoms with Gasteiger partial charge >= 0.3 is 0 Å². The van der Waals surface area contributed by atoms with Gasteiger partial charge in [0, 0.05) is 0 Å². The molecule has 1 nitrogen and oxygen atoms in total. The summed E-state index contributed by atoms with van der Waals surface area (Å²) in [5.74, 6) is 0. The van der Waals surface area contributed by atoms with E-state index in [0.717, 1.165) is 0 Å². The third-order valence-electron chi connectivity index (χ3n) is 3.91. The summed E-state index contributed by atoms with van der Waals surface area (Å²) in [4.78, 5) is 0. The summed E-state index contributed by atoms with van der Waals surface area (Å²) in [6.07, 6.45) is 0. The Labute approximate surface area is 144 Å². The Kier molecular flexibility index (Phi) is 5.83. The maximum Gasteiger partial charge on any atom is 0.262 e. The van der Waals surface area contributed by atoms with Crippen LogP contribution in [-0.4, -0.2) is 13.8 Å². The zero-order valence-electron chi connectivity index (χ0n) is 13.6. The largest absolute Gasteiger partial charge is 0.395 e. The van der Waals surface area contributed by atoms with Crippen LogP contribution in [0.4, 0.5) is 0 Å². The Bertz CT molecular complexity index is 542. The second kappa shape index (κ2) is 7.26. The van der Waals surface area contributed by atoms with Crippen molar-refractivity contribution in [3.05, 3.63) is 60.7 Å². The van der Waals surface area contributed by atoms with Crippen LogP contribution in [0.2, 0.25) is 5.04 Å². The molecule has 0 saturated heterocycles. The topological polar surface area (TPSA) is 9.23 Å². The summed E-state index contributed by atoms with van der Waals surface area (Å²) in [7, 11) is -0.939. The van der Waals surface area contributed by atoms with Crippen molar-refractivity contribution >= 4 is 41.1 Å². The molecule has 22 heavy (non-hydrogen) atoms. The highest BCUT2D eigenvalue weighted by Crippen LogP contribution is 2.38. The van der Waals surface area contributed by atoms with Gasteiger partial charge in [0.15, 0.2) is 0 Å². The average Bonchev–Trinajstić information content (AvgIpc) is 2.52. The summed E-state index contributed by atoms with van der Waals surface area (Å²) in [5.41, 5.74) is 0.0367. The maximum atomic E-state index is 6.75. The molecule has 2 aromatic carbocycles. The molecule has 4 heteroatoms. The highest BCUT2D eigenvalue weighted by Gasteiger charge is 2.50. The fourth-order valence-corrected chi connectivity index (χ4v) is 8.47. The number of benzene rings is 2. The van der Waals surface area contributed by atoms with Crippen molar-refractivity contribution in [3.63, 3.8) is 0 Å². The Morgan fingerprint density at radius 2 is 1.32 bits per heavy atom. The van der Waals surface area contributed by atoms with Crippen LogP contribution in [0.1, 0.15) is 27.7 Å². The zero-order valence-corrected chi connectivity index (χ0v) is 16.3. The van der Waals surface area contributed by atoms with Crippen molar-refractivity contribution in [3.8, 4) is 0 Å². The first-order valence-corrected chi connectivity index (χ1v) is 11.3. The number of hydrogen-bond acceptors (Lipinski definition) is 3. The number of rotatable bonds is 5. The van der Waals surface area contributed by atoms with Crippen molar-refractivity contribution in [1.29, 1.82) is 0 Å². The van der Waals surface area contributed by atoms with Crippen molar-refractivity contribution in [2.45, 2.75) is 38.2 Å². The summed E-state index contributed by atoms with van der Waals surface area (Å²) >= 11 is 4.36. The molecule has 0 bridgehead atoms. The second-order valence-electron chi connectivity index (χ2n) is 6.45. The van der Waals surface area contributed by atoms with Crippen LogP contribution in [0.3, 0.4) is 0 Å². The summed E-state index contributed by atoms with van der Waals surface area (Å²) in [5, 5.41) is 2.64. The van der Waals surface area contributed by atoms with Crippen molar-refractivity contribution in [1.82, 2.24) is 0 Å². The molecule has 2 aromatic rings. The highest BCUT2D eigenvalue weighted by molar-refractivity contribution is 8.68. The Morgan fingerprint density at radius 1 is 0.909 bits per heavy atom. The standard InChI is InChI=1S/C18H24OS2Si/c1-15(21-20)19-22(18(2,3)4,16-11-7-5-8-12-16)17-13-9-6-10-14-17/h5-15,20H,1-4H3. The van der Waals surface area contributed by atoms with Gasteiger partial charge in [-0.2, -0.15) is 0 Å². The minimum atomic E-state index is -2.40. The predicted octanol–water partition coefficient (Wildman–Crippen LogP) is 4.49. The van der Waals surface area contributed by atoms with Crippen LogP contribution in [0.15, 0.2) is 60.7 Å². The first-order chi connectivity index (χ1) is 10.4. The third kappa shape index (κ3) is 3.45. The van der Waals surface area contributed by atoms with Crippen LogP contribution in [0, 0.1) is 0 Å². The molecule has 0 aliphatic heterocycles. The van der Waals surface area contributed by atoms with E-state index < -0.39 is 8.32 Å². The maximum absolute atomic E-state index is 6.75. The van der Waals surface area contributed by atoms with Crippen molar-refractivity contribution in [2.24, 2.45) is 0 Å². The SMILES string of the molecule is CC(O[Si](c1ccccc1)(c1ccccc1)C(C)(C)C)SS. The smallest absolute Gasteiger partial charge is 0.262 e. The summed E-state index contributed by atoms with van der Waals surface area (Å²) < 4.78 is 6.75. The lowest BCUT2D eigenvalue weighted by molar-refractivity contribution is 0.289. The second-order valence-corrected chi connectivity index (χ2v) is 12.2. The summed E-state index contributed by atoms with van der Waals surface area (Å²) in [6.45, 7) is 8.94. The van der Waals surface area contributed by atoms with Gasteiger partial charge in [-0.1, -0.05) is 92.2 Å². The fraction of sp³-hybridized carbons (Fsp3) is 0.333. The highest BCUT2D eigenvalue weighted by atomic mass is 33.1. The van der Waals surface area contributed by atoms with Crippen LogP contribution in [0.25, 0.3) is 0 Å². The molecule has 0 radical (unpaired) electrons. The molecule has 0 saturated carbocycles. The van der Waals surface area contributed by atoms with E-state index in [9.17, 15) is 0 Å². The van der Waals surface area contributed by atoms with Crippen molar-refractivity contribution < 1.29 is 4.43 Å². The molecule has 0 amide bonds. The van der Waals surface area contributed by atoms with Gasteiger partial charge in [-0.25, -0.2) is 0 Å². The van der Waals surface area contributed by atoms with E-state index in [0.29, 0.717) is 0 Å². The Balaban J connectivity index is 2.70. The lowest BCUT2D eigenvalue weighted by Crippen LogP contribution is -2.67. The van der Waals surface area contributed by atoms with Crippen molar-refractivity contribution in [2.75, 3.05) is 0 Å². The molecule has 0 aliphatic rings. The van der Waals surface area contributed by atoms with E-state index in [-0.39, 0.29) is 10.5 Å². The minimum absolute atomic E-state index is 0.0213. The Hall–Kier alpha value is -0.683. The van der Waals surface area contributed by atoms with Gasteiger partial charge in [-0.3, -0.25) is 0 Å². The monoisotopic (exact) mass is 348 g/mol. The first kappa shape index (κ1) is 17.7. The van der Waals surface area contributed by atoms with Crippen LogP contribution < -0.4 is 10.4 Å². The molecule has 1 atom stereocenters. The number of thiol groups is 1. The molecule has 0 fully saturated rings. The van der Waals surface area contributed by atoms with Crippen LogP contribution in [-0.2, 0) is 4.43 Å². The lowest BCUT2D eigenvalue weighted by Gasteiger charge is -2.44. The van der Waals surface area contributed by atoms with Crippen LogP contribution >= 0.6 is 22.5 Å². The molecule has 1 unspecified atom stereocenters. The third-order valence-corrected chi connectivity index (χ3v) is 10.5. The minimum Gasteiger partial charge on any atom is -0.395 e. The van der Waals surface area contributed by atoms with E-state index in [2.05, 4.69) is 100 Å². The van der Waals surface area contributed by atoms with E-state index in [1.54, 1.807) is 0 Å². The molecule has 0 N–H and O–H groups in total. The average molecular weight is 349 g/mol. The van der Waals surface area contributed by atoms with E-state index in [1.807, 2.05) is 0 Å². The van der Waals surface area contributed by atoms with Gasteiger partial charge in [0.2, 0.25) is 0 Å². The van der Waals surface area contributed by atoms with Crippen LogP contribution in [0.5, 0.6) is 0 Å². The first-order valence-electron chi connectivity index (χ1n) is 7.51. The normalized spacial score (nSPS) is 13.9. The predicted molar refractivity (Wildman–Crippen MR) is 105 cm³/mol. The Morgan fingerprint density at radius 3 is 1.64 bits per heavy atom. The zero-order chi connectivity index (χ0) is 16.2. The molecule has 118 valence electrons. The molecular weight excluding hydrogens is 324 g/mol. The number of hydrogen-bond donors (Lipinski definition) is 1. The summed E-state index contributed by atoms with van der Waals surface area (Å²) in [6, 6.07) is 21.4. The van der Waals surface area contributed by atoms with E-state index in [4.69, 9.17) is 4.43 Å². The molecular formula is C18H24OS2Si. The molecule has 0 heterocycles. The van der Waals surface area contributed by atoms with Gasteiger partial charge in [0.1, 0.15) is 0 Å². The molecule has 0 aromatic heterocycles. The van der Waals surface area contributed by atoms with Gasteiger partial charge in [-0.15, -0.1) is 11.7 Å². The lowest BCUT2D eigenvalue weighted by atomic mass is 10.2. The molecule has 2 rings (SSSR count). The quantitative estimate of drug-likeness (QED) is 0.369. The fourth-order valence-electron chi connectivity index (χ4n) is 2.96.